The molecule has 2 aromatic carbocycles. The molecule has 1 amide bonds. The second kappa shape index (κ2) is 11.0. The molecule has 0 saturated carbocycles. The highest BCUT2D eigenvalue weighted by molar-refractivity contribution is 7.89. The SMILES string of the molecule is CCCCc1ccc(NC(=O)COc2ccc(S(=O)(=O)N[C@H](C)CC)cc2)cc1. The minimum Gasteiger partial charge on any atom is -0.484 e. The van der Waals surface area contributed by atoms with E-state index in [2.05, 4.69) is 17.0 Å². The summed E-state index contributed by atoms with van der Waals surface area (Å²) >= 11 is 0. The third-order valence-electron chi connectivity index (χ3n) is 4.53. The van der Waals surface area contributed by atoms with Gasteiger partial charge in [-0.15, -0.1) is 0 Å². The van der Waals surface area contributed by atoms with Crippen molar-refractivity contribution in [1.29, 1.82) is 0 Å². The molecule has 0 heterocycles. The highest BCUT2D eigenvalue weighted by Gasteiger charge is 2.16. The maximum atomic E-state index is 12.2. The summed E-state index contributed by atoms with van der Waals surface area (Å²) in [5.74, 6) is 0.152. The molecule has 2 N–H and O–H groups in total. The number of carbonyl (C=O) groups is 1. The fourth-order valence-corrected chi connectivity index (χ4v) is 3.94. The first-order chi connectivity index (χ1) is 13.8. The van der Waals surface area contributed by atoms with Crippen molar-refractivity contribution in [3.63, 3.8) is 0 Å². The maximum absolute atomic E-state index is 12.2. The molecule has 2 aromatic rings. The number of aryl methyl sites for hydroxylation is 1. The Morgan fingerprint density at radius 1 is 1.03 bits per heavy atom. The van der Waals surface area contributed by atoms with Gasteiger partial charge in [0.05, 0.1) is 4.90 Å². The average molecular weight is 419 g/mol. The number of hydrogen-bond donors (Lipinski definition) is 2. The van der Waals surface area contributed by atoms with Gasteiger partial charge in [-0.05, 0) is 68.1 Å². The molecule has 0 aliphatic heterocycles. The third kappa shape index (κ3) is 7.51. The Kier molecular flexibility index (Phi) is 8.67. The molecule has 0 aromatic heterocycles. The Morgan fingerprint density at radius 3 is 2.28 bits per heavy atom. The van der Waals surface area contributed by atoms with E-state index in [1.807, 2.05) is 38.1 Å². The van der Waals surface area contributed by atoms with Crippen LogP contribution in [-0.2, 0) is 21.2 Å². The summed E-state index contributed by atoms with van der Waals surface area (Å²) in [6, 6.07) is 13.7. The molecular weight excluding hydrogens is 388 g/mol. The summed E-state index contributed by atoms with van der Waals surface area (Å²) in [4.78, 5) is 12.2. The molecule has 6 nitrogen and oxygen atoms in total. The fraction of sp³-hybridized carbons (Fsp3) is 0.409. The standard InChI is InChI=1S/C22H30N2O4S/c1-4-6-7-18-8-10-19(11-9-18)23-22(25)16-28-20-12-14-21(15-13-20)29(26,27)24-17(3)5-2/h8-15,17,24H,4-7,16H2,1-3H3,(H,23,25)/t17-/m1/s1. The van der Waals surface area contributed by atoms with Crippen LogP contribution in [-0.4, -0.2) is 27.0 Å². The second-order valence-electron chi connectivity index (χ2n) is 7.04. The molecule has 0 bridgehead atoms. The van der Waals surface area contributed by atoms with Gasteiger partial charge in [0, 0.05) is 11.7 Å². The summed E-state index contributed by atoms with van der Waals surface area (Å²) < 4.78 is 32.6. The minimum atomic E-state index is -3.55. The number of anilines is 1. The molecule has 0 fully saturated rings. The van der Waals surface area contributed by atoms with Crippen molar-refractivity contribution < 1.29 is 17.9 Å². The van der Waals surface area contributed by atoms with Gasteiger partial charge in [-0.3, -0.25) is 4.79 Å². The number of carbonyl (C=O) groups excluding carboxylic acids is 1. The van der Waals surface area contributed by atoms with Crippen LogP contribution in [0.2, 0.25) is 0 Å². The number of amides is 1. The normalized spacial score (nSPS) is 12.4. The van der Waals surface area contributed by atoms with Crippen LogP contribution in [0.4, 0.5) is 5.69 Å². The molecule has 158 valence electrons. The Labute approximate surface area is 173 Å². The van der Waals surface area contributed by atoms with E-state index in [0.717, 1.165) is 24.9 Å². The molecule has 0 unspecified atom stereocenters. The van der Waals surface area contributed by atoms with Crippen LogP contribution >= 0.6 is 0 Å². The van der Waals surface area contributed by atoms with Crippen LogP contribution < -0.4 is 14.8 Å². The van der Waals surface area contributed by atoms with Gasteiger partial charge in [0.25, 0.3) is 5.91 Å². The summed E-state index contributed by atoms with van der Waals surface area (Å²) in [7, 11) is -3.55. The molecular formula is C22H30N2O4S. The zero-order chi connectivity index (χ0) is 21.3. The van der Waals surface area contributed by atoms with Crippen LogP contribution in [0.25, 0.3) is 0 Å². The monoisotopic (exact) mass is 418 g/mol. The lowest BCUT2D eigenvalue weighted by atomic mass is 10.1. The first-order valence-electron chi connectivity index (χ1n) is 9.98. The molecule has 0 spiro atoms. The van der Waals surface area contributed by atoms with Crippen LogP contribution in [0, 0.1) is 0 Å². The van der Waals surface area contributed by atoms with Crippen LogP contribution in [0.1, 0.15) is 45.6 Å². The van der Waals surface area contributed by atoms with Gasteiger partial charge in [0.2, 0.25) is 10.0 Å². The number of sulfonamides is 1. The minimum absolute atomic E-state index is 0.139. The molecule has 7 heteroatoms. The zero-order valence-corrected chi connectivity index (χ0v) is 18.1. The van der Waals surface area contributed by atoms with Crippen molar-refractivity contribution in [3.8, 4) is 5.75 Å². The van der Waals surface area contributed by atoms with Crippen molar-refractivity contribution in [2.24, 2.45) is 0 Å². The average Bonchev–Trinajstić information content (AvgIpc) is 2.71. The van der Waals surface area contributed by atoms with E-state index in [9.17, 15) is 13.2 Å². The topological polar surface area (TPSA) is 84.5 Å². The van der Waals surface area contributed by atoms with Gasteiger partial charge < -0.3 is 10.1 Å². The fourth-order valence-electron chi connectivity index (χ4n) is 2.61. The summed E-state index contributed by atoms with van der Waals surface area (Å²) in [6.45, 7) is 5.72. The predicted octanol–water partition coefficient (Wildman–Crippen LogP) is 4.12. The van der Waals surface area contributed by atoms with E-state index in [0.29, 0.717) is 12.2 Å². The lowest BCUT2D eigenvalue weighted by Crippen LogP contribution is -2.31. The number of ether oxygens (including phenoxy) is 1. The van der Waals surface area contributed by atoms with E-state index in [1.165, 1.54) is 17.7 Å². The molecule has 0 radical (unpaired) electrons. The second-order valence-corrected chi connectivity index (χ2v) is 8.75. The summed E-state index contributed by atoms with van der Waals surface area (Å²) in [6.07, 6.45) is 4.04. The quantitative estimate of drug-likeness (QED) is 0.575. The molecule has 2 rings (SSSR count). The number of unbranched alkanes of at least 4 members (excludes halogenated alkanes) is 1. The Hall–Kier alpha value is -2.38. The highest BCUT2D eigenvalue weighted by atomic mass is 32.2. The smallest absolute Gasteiger partial charge is 0.262 e. The summed E-state index contributed by atoms with van der Waals surface area (Å²) in [5.41, 5.74) is 1.97. The highest BCUT2D eigenvalue weighted by Crippen LogP contribution is 2.17. The third-order valence-corrected chi connectivity index (χ3v) is 6.13. The van der Waals surface area contributed by atoms with Crippen molar-refractivity contribution in [2.45, 2.75) is 57.4 Å². The molecule has 0 saturated heterocycles. The maximum Gasteiger partial charge on any atom is 0.262 e. The predicted molar refractivity (Wildman–Crippen MR) is 116 cm³/mol. The van der Waals surface area contributed by atoms with Crippen molar-refractivity contribution in [3.05, 3.63) is 54.1 Å². The van der Waals surface area contributed by atoms with Crippen LogP contribution in [0.5, 0.6) is 5.75 Å². The van der Waals surface area contributed by atoms with Gasteiger partial charge in [0.15, 0.2) is 6.61 Å². The number of benzene rings is 2. The molecule has 29 heavy (non-hydrogen) atoms. The van der Waals surface area contributed by atoms with Crippen molar-refractivity contribution in [1.82, 2.24) is 4.72 Å². The Bertz CT molecular complexity index is 878. The molecule has 0 aliphatic carbocycles. The Balaban J connectivity index is 1.85. The molecule has 1 atom stereocenters. The van der Waals surface area contributed by atoms with Gasteiger partial charge in [-0.1, -0.05) is 32.4 Å². The van der Waals surface area contributed by atoms with E-state index in [-0.39, 0.29) is 23.5 Å². The number of hydrogen-bond acceptors (Lipinski definition) is 4. The van der Waals surface area contributed by atoms with E-state index in [1.54, 1.807) is 12.1 Å². The lowest BCUT2D eigenvalue weighted by molar-refractivity contribution is -0.118. The van der Waals surface area contributed by atoms with Gasteiger partial charge in [-0.25, -0.2) is 13.1 Å². The van der Waals surface area contributed by atoms with Gasteiger partial charge in [-0.2, -0.15) is 0 Å². The van der Waals surface area contributed by atoms with E-state index in [4.69, 9.17) is 4.74 Å². The van der Waals surface area contributed by atoms with Crippen molar-refractivity contribution in [2.75, 3.05) is 11.9 Å². The number of rotatable bonds is 11. The first kappa shape index (κ1) is 22.9. The molecule has 0 aliphatic rings. The number of nitrogens with one attached hydrogen (secondary N) is 2. The van der Waals surface area contributed by atoms with Gasteiger partial charge >= 0.3 is 0 Å². The summed E-state index contributed by atoms with van der Waals surface area (Å²) in [5, 5.41) is 2.79. The van der Waals surface area contributed by atoms with Crippen molar-refractivity contribution >= 4 is 21.6 Å². The van der Waals surface area contributed by atoms with Crippen LogP contribution in [0.15, 0.2) is 53.4 Å². The van der Waals surface area contributed by atoms with Crippen LogP contribution in [0.3, 0.4) is 0 Å². The van der Waals surface area contributed by atoms with E-state index < -0.39 is 10.0 Å². The first-order valence-corrected chi connectivity index (χ1v) is 11.5. The van der Waals surface area contributed by atoms with E-state index >= 15 is 0 Å². The Morgan fingerprint density at radius 2 is 1.69 bits per heavy atom. The zero-order valence-electron chi connectivity index (χ0n) is 17.3. The van der Waals surface area contributed by atoms with Gasteiger partial charge in [0.1, 0.15) is 5.75 Å². The largest absolute Gasteiger partial charge is 0.484 e. The lowest BCUT2D eigenvalue weighted by Gasteiger charge is -2.12.